The Kier molecular flexibility index (Phi) is 7.90. The molecule has 29 heavy (non-hydrogen) atoms. The molecule has 0 unspecified atom stereocenters. The minimum Gasteiger partial charge on any atom is -0.400 e. The van der Waals surface area contributed by atoms with Gasteiger partial charge in [-0.1, -0.05) is 0 Å². The molecule has 0 aliphatic heterocycles. The first-order valence-electron chi connectivity index (χ1n) is 8.89. The third kappa shape index (κ3) is 5.89. The van der Waals surface area contributed by atoms with E-state index in [0.717, 1.165) is 18.8 Å². The van der Waals surface area contributed by atoms with Gasteiger partial charge in [-0.3, -0.25) is 14.2 Å². The number of carbonyl (C=O) groups excluding carboxylic acids is 2. The highest BCUT2D eigenvalue weighted by molar-refractivity contribution is 5.79. The monoisotopic (exact) mass is 404 g/mol. The van der Waals surface area contributed by atoms with Crippen molar-refractivity contribution in [3.05, 3.63) is 54.0 Å². The van der Waals surface area contributed by atoms with E-state index in [-0.39, 0.29) is 25.8 Å². The Morgan fingerprint density at radius 1 is 1.14 bits per heavy atom. The second kappa shape index (κ2) is 10.4. The molecule has 2 N–H and O–H groups in total. The van der Waals surface area contributed by atoms with Crippen molar-refractivity contribution in [2.45, 2.75) is 25.2 Å². The van der Waals surface area contributed by atoms with Gasteiger partial charge in [-0.05, 0) is 36.2 Å². The van der Waals surface area contributed by atoms with E-state index in [0.29, 0.717) is 29.0 Å². The van der Waals surface area contributed by atoms with Crippen LogP contribution in [0.3, 0.4) is 0 Å². The molecule has 0 aliphatic carbocycles. The van der Waals surface area contributed by atoms with E-state index in [1.165, 1.54) is 6.20 Å². The summed E-state index contributed by atoms with van der Waals surface area (Å²) in [6, 6.07) is 7.05. The molecule has 0 spiro atoms. The summed E-state index contributed by atoms with van der Waals surface area (Å²) in [7, 11) is 1.00. The van der Waals surface area contributed by atoms with Gasteiger partial charge in [0.1, 0.15) is 11.5 Å². The summed E-state index contributed by atoms with van der Waals surface area (Å²) in [5.74, 6) is -2.23. The topological polar surface area (TPSA) is 97.1 Å². The first-order valence-corrected chi connectivity index (χ1v) is 8.89. The van der Waals surface area contributed by atoms with Gasteiger partial charge < -0.3 is 10.4 Å². The van der Waals surface area contributed by atoms with Crippen LogP contribution < -0.4 is 5.32 Å². The molecule has 3 aromatic heterocycles. The number of halogens is 2. The van der Waals surface area contributed by atoms with Gasteiger partial charge >= 0.3 is 0 Å². The summed E-state index contributed by atoms with van der Waals surface area (Å²) in [5.41, 5.74) is 1.86. The fourth-order valence-corrected chi connectivity index (χ4v) is 2.77. The lowest BCUT2D eigenvalue weighted by Gasteiger charge is -2.15. The van der Waals surface area contributed by atoms with Gasteiger partial charge in [-0.25, -0.2) is 18.7 Å². The Balaban J connectivity index is 0.00000145. The van der Waals surface area contributed by atoms with Crippen molar-refractivity contribution in [1.29, 1.82) is 0 Å². The molecule has 0 aliphatic rings. The van der Waals surface area contributed by atoms with E-state index < -0.39 is 5.92 Å². The molecular weight excluding hydrogens is 382 g/mol. The summed E-state index contributed by atoms with van der Waals surface area (Å²) in [6.45, 7) is -0.0491. The summed E-state index contributed by atoms with van der Waals surface area (Å²) in [5, 5.41) is 10.1. The maximum Gasteiger partial charge on any atom is 0.250 e. The molecule has 0 fully saturated rings. The molecule has 0 bridgehead atoms. The number of aliphatic hydroxyl groups excluding tert-OH is 1. The van der Waals surface area contributed by atoms with E-state index in [1.807, 2.05) is 12.1 Å². The van der Waals surface area contributed by atoms with E-state index in [1.54, 1.807) is 29.1 Å². The van der Waals surface area contributed by atoms with Crippen molar-refractivity contribution >= 4 is 23.7 Å². The number of hydrogen-bond acceptors (Lipinski definition) is 5. The van der Waals surface area contributed by atoms with Gasteiger partial charge in [0.15, 0.2) is 6.29 Å². The number of amides is 1. The number of aryl methyl sites for hydroxylation is 1. The average Bonchev–Trinajstić information content (AvgIpc) is 3.17. The quantitative estimate of drug-likeness (QED) is 0.422. The normalized spacial score (nSPS) is 10.9. The van der Waals surface area contributed by atoms with Crippen LogP contribution in [0.15, 0.2) is 42.9 Å². The Bertz CT molecular complexity index is 943. The molecule has 0 aromatic carbocycles. The van der Waals surface area contributed by atoms with Crippen LogP contribution in [0, 0.1) is 0 Å². The first-order chi connectivity index (χ1) is 14.0. The fraction of sp³-hybridized carbons (Fsp3) is 0.300. The Hall–Kier alpha value is -3.20. The Morgan fingerprint density at radius 2 is 1.93 bits per heavy atom. The van der Waals surface area contributed by atoms with Crippen molar-refractivity contribution in [2.24, 2.45) is 0 Å². The molecule has 3 heterocycles. The zero-order chi connectivity index (χ0) is 21.3. The highest BCUT2D eigenvalue weighted by Gasteiger charge is 2.27. The molecule has 154 valence electrons. The Labute approximate surface area is 166 Å². The standard InChI is InChI=1S/C19H18F2N4O2.CH4O/c20-19(21,6-7-22-13-27)5-3-14-9-16-4-8-25(18(16)24-10-14)17-2-1-15(12-26)11-23-17;1-2/h1-2,4,8-13H,3,5-7H2,(H,22,27);2H,1H3. The number of fused-ring (bicyclic) bond motifs is 1. The van der Waals surface area contributed by atoms with Crippen LogP contribution in [-0.4, -0.2) is 51.9 Å². The number of aromatic nitrogens is 3. The van der Waals surface area contributed by atoms with Gasteiger partial charge in [0.25, 0.3) is 0 Å². The number of nitrogens with zero attached hydrogens (tertiary/aromatic N) is 3. The lowest BCUT2D eigenvalue weighted by molar-refractivity contribution is -0.109. The number of carbonyl (C=O) groups is 2. The van der Waals surface area contributed by atoms with Gasteiger partial charge in [-0.2, -0.15) is 0 Å². The molecular formula is C20H22F2N4O3. The molecule has 0 radical (unpaired) electrons. The van der Waals surface area contributed by atoms with Gasteiger partial charge in [-0.15, -0.1) is 0 Å². The summed E-state index contributed by atoms with van der Waals surface area (Å²) >= 11 is 0. The van der Waals surface area contributed by atoms with Crippen molar-refractivity contribution < 1.29 is 23.5 Å². The third-order valence-corrected chi connectivity index (χ3v) is 4.23. The number of rotatable bonds is 9. The number of pyridine rings is 2. The van der Waals surface area contributed by atoms with Crippen LogP contribution in [0.25, 0.3) is 16.9 Å². The highest BCUT2D eigenvalue weighted by atomic mass is 19.3. The second-order valence-electron chi connectivity index (χ2n) is 6.19. The largest absolute Gasteiger partial charge is 0.400 e. The minimum atomic E-state index is -2.85. The average molecular weight is 404 g/mol. The van der Waals surface area contributed by atoms with Crippen LogP contribution in [-0.2, 0) is 11.2 Å². The number of alkyl halides is 2. The molecule has 0 saturated heterocycles. The number of aldehydes is 1. The fourth-order valence-electron chi connectivity index (χ4n) is 2.77. The predicted molar refractivity (Wildman–Crippen MR) is 104 cm³/mol. The van der Waals surface area contributed by atoms with E-state index >= 15 is 0 Å². The molecule has 7 nitrogen and oxygen atoms in total. The number of hydrogen-bond donors (Lipinski definition) is 2. The highest BCUT2D eigenvalue weighted by Crippen LogP contribution is 2.26. The van der Waals surface area contributed by atoms with Crippen molar-refractivity contribution in [3.8, 4) is 5.82 Å². The summed E-state index contributed by atoms with van der Waals surface area (Å²) in [4.78, 5) is 29.5. The van der Waals surface area contributed by atoms with Gasteiger partial charge in [0.2, 0.25) is 12.3 Å². The molecule has 1 amide bonds. The third-order valence-electron chi connectivity index (χ3n) is 4.23. The van der Waals surface area contributed by atoms with Crippen LogP contribution >= 0.6 is 0 Å². The number of aliphatic hydroxyl groups is 1. The van der Waals surface area contributed by atoms with Crippen molar-refractivity contribution in [2.75, 3.05) is 13.7 Å². The second-order valence-corrected chi connectivity index (χ2v) is 6.19. The first kappa shape index (κ1) is 22.1. The van der Waals surface area contributed by atoms with Gasteiger partial charge in [0, 0.05) is 56.0 Å². The molecule has 3 rings (SSSR count). The van der Waals surface area contributed by atoms with Crippen LogP contribution in [0.4, 0.5) is 8.78 Å². The maximum atomic E-state index is 13.8. The SMILES string of the molecule is CO.O=CNCCC(F)(F)CCc1cnc2c(ccn2-c2ccc(C=O)cn2)c1. The minimum absolute atomic E-state index is 0.0491. The van der Waals surface area contributed by atoms with Crippen molar-refractivity contribution in [1.82, 2.24) is 19.9 Å². The van der Waals surface area contributed by atoms with E-state index in [4.69, 9.17) is 5.11 Å². The molecule has 0 atom stereocenters. The summed E-state index contributed by atoms with van der Waals surface area (Å²) in [6.07, 6.45) is 5.48. The lowest BCUT2D eigenvalue weighted by Crippen LogP contribution is -2.24. The molecule has 9 heteroatoms. The van der Waals surface area contributed by atoms with E-state index in [2.05, 4.69) is 15.3 Å². The van der Waals surface area contributed by atoms with Gasteiger partial charge in [0.05, 0.1) is 0 Å². The lowest BCUT2D eigenvalue weighted by atomic mass is 10.0. The Morgan fingerprint density at radius 3 is 2.59 bits per heavy atom. The predicted octanol–water partition coefficient (Wildman–Crippen LogP) is 2.55. The number of nitrogens with one attached hydrogen (secondary N) is 1. The molecule has 3 aromatic rings. The van der Waals surface area contributed by atoms with Crippen molar-refractivity contribution in [3.63, 3.8) is 0 Å². The smallest absolute Gasteiger partial charge is 0.250 e. The maximum absolute atomic E-state index is 13.8. The molecule has 0 saturated carbocycles. The summed E-state index contributed by atoms with van der Waals surface area (Å²) < 4.78 is 29.4. The van der Waals surface area contributed by atoms with Crippen LogP contribution in [0.1, 0.15) is 28.8 Å². The van der Waals surface area contributed by atoms with E-state index in [9.17, 15) is 18.4 Å². The van der Waals surface area contributed by atoms with Crippen LogP contribution in [0.5, 0.6) is 0 Å². The zero-order valence-corrected chi connectivity index (χ0v) is 15.9. The zero-order valence-electron chi connectivity index (χ0n) is 15.9. The van der Waals surface area contributed by atoms with Crippen LogP contribution in [0.2, 0.25) is 0 Å².